The lowest BCUT2D eigenvalue weighted by atomic mass is 10.0. The van der Waals surface area contributed by atoms with E-state index in [0.717, 1.165) is 44.9 Å². The van der Waals surface area contributed by atoms with Crippen LogP contribution in [0.2, 0.25) is 0 Å². The minimum atomic E-state index is -0.873. The quantitative estimate of drug-likeness (QED) is 0.0281. The molecule has 1 N–H and O–H groups in total. The monoisotopic (exact) mass is 931 g/mol. The van der Waals surface area contributed by atoms with E-state index in [4.69, 9.17) is 14.2 Å². The van der Waals surface area contributed by atoms with Crippen molar-refractivity contribution in [3.05, 3.63) is 36.5 Å². The highest BCUT2D eigenvalue weighted by atomic mass is 16.6. The first-order chi connectivity index (χ1) is 32.1. The molecule has 386 valence electrons. The Hall–Kier alpha value is -2.45. The molecule has 0 aromatic heterocycles. The van der Waals surface area contributed by atoms with Crippen LogP contribution in [0.15, 0.2) is 36.5 Å². The molecule has 0 saturated carbocycles. The number of esters is 2. The fourth-order valence-electron chi connectivity index (χ4n) is 8.41. The van der Waals surface area contributed by atoms with Crippen LogP contribution in [0.5, 0.6) is 0 Å². The Morgan fingerprint density at radius 2 is 0.803 bits per heavy atom. The van der Waals surface area contributed by atoms with Crippen LogP contribution in [-0.2, 0) is 28.6 Å². The molecule has 0 saturated heterocycles. The lowest BCUT2D eigenvalue weighted by molar-refractivity contribution is -0.887. The molecule has 2 atom stereocenters. The lowest BCUT2D eigenvalue weighted by Crippen LogP contribution is -2.50. The van der Waals surface area contributed by atoms with Gasteiger partial charge in [-0.1, -0.05) is 211 Å². The molecule has 0 bridgehead atoms. The molecule has 0 aromatic rings. The highest BCUT2D eigenvalue weighted by molar-refractivity contribution is 5.72. The maximum atomic E-state index is 12.8. The van der Waals surface area contributed by atoms with Crippen molar-refractivity contribution in [1.82, 2.24) is 0 Å². The zero-order chi connectivity index (χ0) is 48.4. The van der Waals surface area contributed by atoms with E-state index in [1.165, 1.54) is 186 Å². The van der Waals surface area contributed by atoms with Crippen molar-refractivity contribution < 1.29 is 38.2 Å². The fraction of sp³-hybridized carbons (Fsp3) is 0.845. The Labute approximate surface area is 408 Å². The topological polar surface area (TPSA) is 99.1 Å². The first kappa shape index (κ1) is 63.5. The molecule has 0 aromatic carbocycles. The Morgan fingerprint density at radius 1 is 0.455 bits per heavy atom. The summed E-state index contributed by atoms with van der Waals surface area (Å²) in [6.45, 7) is 4.76. The van der Waals surface area contributed by atoms with Gasteiger partial charge in [0.15, 0.2) is 12.1 Å². The number of carboxylic acid groups (broad SMARTS) is 1. The van der Waals surface area contributed by atoms with Gasteiger partial charge >= 0.3 is 17.9 Å². The molecular weight excluding hydrogens is 823 g/mol. The average Bonchev–Trinajstić information content (AvgIpc) is 3.28. The molecule has 0 amide bonds. The van der Waals surface area contributed by atoms with Crippen molar-refractivity contribution in [2.24, 2.45) is 0 Å². The number of hydrogen-bond acceptors (Lipinski definition) is 6. The van der Waals surface area contributed by atoms with Crippen molar-refractivity contribution in [3.63, 3.8) is 0 Å². The van der Waals surface area contributed by atoms with Crippen LogP contribution in [-0.4, -0.2) is 80.6 Å². The number of unbranched alkanes of at least 4 members (excludes halogenated alkanes) is 31. The number of ether oxygens (including phenoxy) is 3. The van der Waals surface area contributed by atoms with Crippen LogP contribution in [0.4, 0.5) is 0 Å². The van der Waals surface area contributed by atoms with Gasteiger partial charge < -0.3 is 23.8 Å². The van der Waals surface area contributed by atoms with Gasteiger partial charge in [-0.05, 0) is 70.6 Å². The summed E-state index contributed by atoms with van der Waals surface area (Å²) in [6.07, 6.45) is 59.1. The maximum Gasteiger partial charge on any atom is 0.362 e. The highest BCUT2D eigenvalue weighted by Gasteiger charge is 2.31. The average molecular weight is 932 g/mol. The smallest absolute Gasteiger partial charge is 0.362 e. The molecule has 2 unspecified atom stereocenters. The number of likely N-dealkylation sites (N-methyl/N-ethyl adjacent to an activating group) is 1. The van der Waals surface area contributed by atoms with Gasteiger partial charge in [-0.15, -0.1) is 0 Å². The molecule has 0 heterocycles. The van der Waals surface area contributed by atoms with Gasteiger partial charge in [0, 0.05) is 19.3 Å². The molecule has 66 heavy (non-hydrogen) atoms. The van der Waals surface area contributed by atoms with Crippen LogP contribution < -0.4 is 0 Å². The van der Waals surface area contributed by atoms with Crippen molar-refractivity contribution in [3.8, 4) is 0 Å². The molecule has 8 heteroatoms. The lowest BCUT2D eigenvalue weighted by Gasteiger charge is -2.31. The third-order valence-corrected chi connectivity index (χ3v) is 12.8. The second kappa shape index (κ2) is 49.0. The summed E-state index contributed by atoms with van der Waals surface area (Å²) < 4.78 is 17.4. The number of hydrogen-bond donors (Lipinski definition) is 1. The SMILES string of the molecule is CCCCCCC/C=C\C/C=C\CCCCCCCCCCCCCC(=O)OC(COCCC(C(=O)O)[N+](C)(C)C)COC(=O)CCCCCCCCCCC/C=C\CCCCCCCC. The summed E-state index contributed by atoms with van der Waals surface area (Å²) >= 11 is 0. The number of carbonyl (C=O) groups is 3. The van der Waals surface area contributed by atoms with Gasteiger partial charge in [-0.25, -0.2) is 4.79 Å². The van der Waals surface area contributed by atoms with Crippen molar-refractivity contribution >= 4 is 17.9 Å². The number of carboxylic acids is 1. The predicted octanol–water partition coefficient (Wildman–Crippen LogP) is 16.5. The van der Waals surface area contributed by atoms with E-state index in [1.807, 2.05) is 21.1 Å². The number of allylic oxidation sites excluding steroid dienone is 6. The predicted molar refractivity (Wildman–Crippen MR) is 280 cm³/mol. The van der Waals surface area contributed by atoms with Gasteiger partial charge in [-0.2, -0.15) is 0 Å². The van der Waals surface area contributed by atoms with Crippen LogP contribution in [0.25, 0.3) is 0 Å². The second-order valence-corrected chi connectivity index (χ2v) is 20.2. The van der Waals surface area contributed by atoms with E-state index in [-0.39, 0.29) is 36.2 Å². The van der Waals surface area contributed by atoms with Gasteiger partial charge in [-0.3, -0.25) is 9.59 Å². The normalized spacial score (nSPS) is 13.0. The van der Waals surface area contributed by atoms with Crippen molar-refractivity contribution in [1.29, 1.82) is 0 Å². The summed E-state index contributed by atoms with van der Waals surface area (Å²) in [4.78, 5) is 37.2. The Balaban J connectivity index is 4.18. The second-order valence-electron chi connectivity index (χ2n) is 20.2. The number of quaternary nitrogens is 1. The molecule has 0 radical (unpaired) electrons. The third kappa shape index (κ3) is 46.7. The Morgan fingerprint density at radius 3 is 1.18 bits per heavy atom. The Kier molecular flexibility index (Phi) is 47.2. The standard InChI is InChI=1S/C58H107NO7/c1-6-8-10-12-14-16-18-20-22-24-26-27-28-29-31-33-35-37-39-41-43-45-47-49-57(61)66-54(52-64-51-50-55(58(62)63)59(3,4)5)53-65-56(60)48-46-44-42-40-38-36-34-32-30-25-23-21-19-17-15-13-11-9-7-2/h18,20-21,23-24,26,54-55H,6-17,19,22,25,27-53H2,1-5H3/p+1/b20-18-,23-21-,26-24-. The van der Waals surface area contributed by atoms with Gasteiger partial charge in [0.05, 0.1) is 34.4 Å². The van der Waals surface area contributed by atoms with Crippen LogP contribution >= 0.6 is 0 Å². The number of nitrogens with zero attached hydrogens (tertiary/aromatic N) is 1. The first-order valence-electron chi connectivity index (χ1n) is 28.0. The summed E-state index contributed by atoms with van der Waals surface area (Å²) in [5.74, 6) is -1.46. The van der Waals surface area contributed by atoms with Crippen LogP contribution in [0, 0.1) is 0 Å². The molecule has 0 aliphatic carbocycles. The zero-order valence-corrected chi connectivity index (χ0v) is 44.2. The van der Waals surface area contributed by atoms with E-state index >= 15 is 0 Å². The maximum absolute atomic E-state index is 12.8. The number of aliphatic carboxylic acids is 1. The summed E-state index contributed by atoms with van der Waals surface area (Å²) in [5.41, 5.74) is 0. The number of rotatable bonds is 51. The summed E-state index contributed by atoms with van der Waals surface area (Å²) in [6, 6.07) is -0.615. The fourth-order valence-corrected chi connectivity index (χ4v) is 8.41. The highest BCUT2D eigenvalue weighted by Crippen LogP contribution is 2.16. The number of carbonyl (C=O) groups excluding carboxylic acids is 2. The van der Waals surface area contributed by atoms with Gasteiger partial charge in [0.1, 0.15) is 6.61 Å². The van der Waals surface area contributed by atoms with E-state index in [2.05, 4.69) is 50.3 Å². The van der Waals surface area contributed by atoms with Crippen LogP contribution in [0.1, 0.15) is 264 Å². The molecule has 8 nitrogen and oxygen atoms in total. The van der Waals surface area contributed by atoms with E-state index in [0.29, 0.717) is 19.3 Å². The van der Waals surface area contributed by atoms with E-state index in [1.54, 1.807) is 0 Å². The minimum absolute atomic E-state index is 0.0502. The minimum Gasteiger partial charge on any atom is -0.477 e. The van der Waals surface area contributed by atoms with Gasteiger partial charge in [0.2, 0.25) is 0 Å². The molecule has 0 fully saturated rings. The van der Waals surface area contributed by atoms with E-state index in [9.17, 15) is 19.5 Å². The molecule has 0 rings (SSSR count). The summed E-state index contributed by atoms with van der Waals surface area (Å²) in [7, 11) is 5.55. The van der Waals surface area contributed by atoms with Crippen molar-refractivity contribution in [2.45, 2.75) is 276 Å². The van der Waals surface area contributed by atoms with Crippen LogP contribution in [0.3, 0.4) is 0 Å². The largest absolute Gasteiger partial charge is 0.477 e. The first-order valence-corrected chi connectivity index (χ1v) is 28.0. The third-order valence-electron chi connectivity index (χ3n) is 12.8. The van der Waals surface area contributed by atoms with Gasteiger partial charge in [0.25, 0.3) is 0 Å². The molecular formula is C58H108NO7+. The molecule has 0 aliphatic rings. The molecule has 0 spiro atoms. The van der Waals surface area contributed by atoms with E-state index < -0.39 is 18.1 Å². The Bertz CT molecular complexity index is 1170. The van der Waals surface area contributed by atoms with Crippen molar-refractivity contribution in [2.75, 3.05) is 41.0 Å². The summed E-state index contributed by atoms with van der Waals surface area (Å²) in [5, 5.41) is 9.67. The zero-order valence-electron chi connectivity index (χ0n) is 44.2. The molecule has 0 aliphatic heterocycles.